The minimum atomic E-state index is -0.425. The standard InChI is InChI=1S/C19H32N2O2/c1-5-21(14-13-20(3)4)16-10-8-12-18(19(16)22)23-17-11-7-6-9-15(17)2/h6-7,9,11,16,18-19,22H,5,8,10,12-14H2,1-4H3/t16-,18+,19+/m0/s1. The van der Waals surface area contributed by atoms with Gasteiger partial charge in [-0.1, -0.05) is 25.1 Å². The number of benzene rings is 1. The molecule has 4 nitrogen and oxygen atoms in total. The molecule has 1 aliphatic rings. The highest BCUT2D eigenvalue weighted by Crippen LogP contribution is 2.28. The first kappa shape index (κ1) is 18.2. The molecule has 0 bridgehead atoms. The molecule has 4 heteroatoms. The summed E-state index contributed by atoms with van der Waals surface area (Å²) in [6.07, 6.45) is 2.55. The van der Waals surface area contributed by atoms with Gasteiger partial charge in [-0.15, -0.1) is 0 Å². The van der Waals surface area contributed by atoms with Gasteiger partial charge in [0.15, 0.2) is 0 Å². The molecule has 0 aliphatic heterocycles. The average Bonchev–Trinajstić information content (AvgIpc) is 2.53. The maximum Gasteiger partial charge on any atom is 0.126 e. The van der Waals surface area contributed by atoms with Crippen LogP contribution in [-0.4, -0.2) is 66.9 Å². The molecule has 0 spiro atoms. The van der Waals surface area contributed by atoms with Gasteiger partial charge in [-0.05, 0) is 58.5 Å². The lowest BCUT2D eigenvalue weighted by molar-refractivity contribution is -0.0534. The van der Waals surface area contributed by atoms with Crippen molar-refractivity contribution in [3.05, 3.63) is 29.8 Å². The number of aliphatic hydroxyl groups is 1. The van der Waals surface area contributed by atoms with Gasteiger partial charge >= 0.3 is 0 Å². The lowest BCUT2D eigenvalue weighted by Gasteiger charge is -2.41. The van der Waals surface area contributed by atoms with Crippen LogP contribution in [0, 0.1) is 6.92 Å². The van der Waals surface area contributed by atoms with Crippen LogP contribution in [0.2, 0.25) is 0 Å². The first-order valence-corrected chi connectivity index (χ1v) is 8.82. The van der Waals surface area contributed by atoms with Crippen LogP contribution in [0.25, 0.3) is 0 Å². The predicted octanol–water partition coefficient (Wildman–Crippen LogP) is 2.54. The van der Waals surface area contributed by atoms with Gasteiger partial charge < -0.3 is 14.7 Å². The van der Waals surface area contributed by atoms with Crippen molar-refractivity contribution in [3.8, 4) is 5.75 Å². The lowest BCUT2D eigenvalue weighted by atomic mass is 9.88. The first-order valence-electron chi connectivity index (χ1n) is 8.82. The molecule has 1 aromatic carbocycles. The van der Waals surface area contributed by atoms with E-state index in [-0.39, 0.29) is 12.1 Å². The molecule has 0 heterocycles. The van der Waals surface area contributed by atoms with Crippen LogP contribution in [0.15, 0.2) is 24.3 Å². The van der Waals surface area contributed by atoms with Gasteiger partial charge in [0.2, 0.25) is 0 Å². The van der Waals surface area contributed by atoms with E-state index >= 15 is 0 Å². The van der Waals surface area contributed by atoms with E-state index in [1.54, 1.807) is 0 Å². The Hall–Kier alpha value is -1.10. The molecule has 1 fully saturated rings. The van der Waals surface area contributed by atoms with Crippen molar-refractivity contribution in [1.29, 1.82) is 0 Å². The number of aliphatic hydroxyl groups excluding tert-OH is 1. The SMILES string of the molecule is CCN(CCN(C)C)[C@H]1CCC[C@@H](Oc2ccccc2C)[C@@H]1O. The Labute approximate surface area is 141 Å². The zero-order chi connectivity index (χ0) is 16.8. The van der Waals surface area contributed by atoms with Crippen LogP contribution in [-0.2, 0) is 0 Å². The molecule has 130 valence electrons. The van der Waals surface area contributed by atoms with Crippen molar-refractivity contribution in [3.63, 3.8) is 0 Å². The molecule has 23 heavy (non-hydrogen) atoms. The molecular formula is C19H32N2O2. The number of hydrogen-bond acceptors (Lipinski definition) is 4. The molecule has 1 aliphatic carbocycles. The van der Waals surface area contributed by atoms with Crippen LogP contribution in [0.4, 0.5) is 0 Å². The molecule has 0 unspecified atom stereocenters. The lowest BCUT2D eigenvalue weighted by Crippen LogP contribution is -2.54. The molecule has 1 N–H and O–H groups in total. The molecule has 1 saturated carbocycles. The summed E-state index contributed by atoms with van der Waals surface area (Å²) in [5, 5.41) is 10.9. The number of rotatable bonds is 7. The summed E-state index contributed by atoms with van der Waals surface area (Å²) in [4.78, 5) is 4.59. The van der Waals surface area contributed by atoms with E-state index in [2.05, 4.69) is 43.8 Å². The maximum atomic E-state index is 10.9. The van der Waals surface area contributed by atoms with E-state index in [1.165, 1.54) is 0 Å². The molecule has 0 saturated heterocycles. The highest BCUT2D eigenvalue weighted by Gasteiger charge is 2.36. The van der Waals surface area contributed by atoms with E-state index < -0.39 is 6.10 Å². The fourth-order valence-corrected chi connectivity index (χ4v) is 3.38. The third-order valence-electron chi connectivity index (χ3n) is 4.85. The van der Waals surface area contributed by atoms with Crippen molar-refractivity contribution < 1.29 is 9.84 Å². The molecule has 0 aromatic heterocycles. The quantitative estimate of drug-likeness (QED) is 0.837. The summed E-state index contributed by atoms with van der Waals surface area (Å²) in [6, 6.07) is 8.25. The zero-order valence-electron chi connectivity index (χ0n) is 15.0. The third kappa shape index (κ3) is 4.93. The summed E-state index contributed by atoms with van der Waals surface area (Å²) in [5.74, 6) is 0.897. The summed E-state index contributed by atoms with van der Waals surface area (Å²) in [5.41, 5.74) is 1.13. The molecule has 3 atom stereocenters. The highest BCUT2D eigenvalue weighted by atomic mass is 16.5. The molecule has 0 radical (unpaired) electrons. The molecule has 1 aromatic rings. The van der Waals surface area contributed by atoms with Crippen molar-refractivity contribution in [2.24, 2.45) is 0 Å². The average molecular weight is 320 g/mol. The molecular weight excluding hydrogens is 288 g/mol. The Balaban J connectivity index is 2.02. The Morgan fingerprint density at radius 2 is 1.91 bits per heavy atom. The largest absolute Gasteiger partial charge is 0.487 e. The van der Waals surface area contributed by atoms with Crippen LogP contribution in [0.3, 0.4) is 0 Å². The third-order valence-corrected chi connectivity index (χ3v) is 4.85. The summed E-state index contributed by atoms with van der Waals surface area (Å²) in [7, 11) is 4.18. The summed E-state index contributed by atoms with van der Waals surface area (Å²) in [6.45, 7) is 7.20. The van der Waals surface area contributed by atoms with E-state index in [9.17, 15) is 5.11 Å². The Kier molecular flexibility index (Phi) is 6.88. The number of para-hydroxylation sites is 1. The maximum absolute atomic E-state index is 10.9. The zero-order valence-corrected chi connectivity index (χ0v) is 15.0. The van der Waals surface area contributed by atoms with Gasteiger partial charge in [-0.25, -0.2) is 0 Å². The molecule has 2 rings (SSSR count). The number of hydrogen-bond donors (Lipinski definition) is 1. The predicted molar refractivity (Wildman–Crippen MR) is 95.0 cm³/mol. The number of nitrogens with zero attached hydrogens (tertiary/aromatic N) is 2. The van der Waals surface area contributed by atoms with Gasteiger partial charge in [0.1, 0.15) is 18.0 Å². The summed E-state index contributed by atoms with van der Waals surface area (Å²) < 4.78 is 6.16. The number of aryl methyl sites for hydroxylation is 1. The van der Waals surface area contributed by atoms with Gasteiger partial charge in [0, 0.05) is 19.1 Å². The minimum absolute atomic E-state index is 0.108. The van der Waals surface area contributed by atoms with E-state index in [0.29, 0.717) is 0 Å². The van der Waals surface area contributed by atoms with Gasteiger partial charge in [-0.3, -0.25) is 4.90 Å². The monoisotopic (exact) mass is 320 g/mol. The Morgan fingerprint density at radius 3 is 2.57 bits per heavy atom. The number of ether oxygens (including phenoxy) is 1. The van der Waals surface area contributed by atoms with E-state index in [0.717, 1.165) is 50.2 Å². The van der Waals surface area contributed by atoms with Gasteiger partial charge in [0.05, 0.1) is 0 Å². The van der Waals surface area contributed by atoms with Crippen LogP contribution < -0.4 is 4.74 Å². The van der Waals surface area contributed by atoms with Crippen molar-refractivity contribution >= 4 is 0 Å². The second-order valence-electron chi connectivity index (χ2n) is 6.84. The topological polar surface area (TPSA) is 35.9 Å². The Bertz CT molecular complexity index is 478. The first-order chi connectivity index (χ1) is 11.0. The fourth-order valence-electron chi connectivity index (χ4n) is 3.38. The highest BCUT2D eigenvalue weighted by molar-refractivity contribution is 5.32. The van der Waals surface area contributed by atoms with Crippen molar-refractivity contribution in [2.45, 2.75) is 51.4 Å². The van der Waals surface area contributed by atoms with Crippen LogP contribution in [0.5, 0.6) is 5.75 Å². The Morgan fingerprint density at radius 1 is 1.17 bits per heavy atom. The van der Waals surface area contributed by atoms with Crippen LogP contribution >= 0.6 is 0 Å². The number of likely N-dealkylation sites (N-methyl/N-ethyl adjacent to an activating group) is 2. The fraction of sp³-hybridized carbons (Fsp3) is 0.684. The smallest absolute Gasteiger partial charge is 0.126 e. The second-order valence-corrected chi connectivity index (χ2v) is 6.84. The molecule has 0 amide bonds. The van der Waals surface area contributed by atoms with Gasteiger partial charge in [-0.2, -0.15) is 0 Å². The normalized spacial score (nSPS) is 25.1. The van der Waals surface area contributed by atoms with Gasteiger partial charge in [0.25, 0.3) is 0 Å². The van der Waals surface area contributed by atoms with Crippen LogP contribution in [0.1, 0.15) is 31.7 Å². The minimum Gasteiger partial charge on any atom is -0.487 e. The van der Waals surface area contributed by atoms with Crippen molar-refractivity contribution in [2.75, 3.05) is 33.7 Å². The van der Waals surface area contributed by atoms with E-state index in [1.807, 2.05) is 18.2 Å². The van der Waals surface area contributed by atoms with E-state index in [4.69, 9.17) is 4.74 Å². The summed E-state index contributed by atoms with van der Waals surface area (Å²) >= 11 is 0. The second kappa shape index (κ2) is 8.67. The van der Waals surface area contributed by atoms with Crippen molar-refractivity contribution in [1.82, 2.24) is 9.80 Å².